The maximum absolute atomic E-state index is 14.5. The number of hydrogen-bond acceptors (Lipinski definition) is 6. The van der Waals surface area contributed by atoms with E-state index in [1.54, 1.807) is 14.4 Å². The van der Waals surface area contributed by atoms with Gasteiger partial charge in [-0.15, -0.1) is 0 Å². The highest BCUT2D eigenvalue weighted by molar-refractivity contribution is 5.95. The highest BCUT2D eigenvalue weighted by Gasteiger charge is 2.50. The Morgan fingerprint density at radius 2 is 1.82 bits per heavy atom. The first-order chi connectivity index (χ1) is 18.9. The SMILES string of the molecule is CC(C)CN(C(=O)c1nc2ccccc2n1CCO)[C@H]1C[C@@H](C(=O)N2CCOCC2)CN(C(=O)O)C1C(C)(C)C. The maximum atomic E-state index is 14.5. The maximum Gasteiger partial charge on any atom is 0.407 e. The van der Waals surface area contributed by atoms with Gasteiger partial charge in [0.1, 0.15) is 0 Å². The van der Waals surface area contributed by atoms with Crippen LogP contribution in [0.25, 0.3) is 11.0 Å². The second-order valence-electron chi connectivity index (χ2n) is 12.3. The van der Waals surface area contributed by atoms with Crippen molar-refractivity contribution >= 4 is 28.9 Å². The molecule has 40 heavy (non-hydrogen) atoms. The Kier molecular flexibility index (Phi) is 9.04. The molecule has 2 fully saturated rings. The van der Waals surface area contributed by atoms with E-state index in [0.717, 1.165) is 5.52 Å². The number of benzene rings is 1. The average Bonchev–Trinajstić information content (AvgIpc) is 3.28. The first kappa shape index (κ1) is 29.8. The normalized spacial score (nSPS) is 22.1. The average molecular weight is 558 g/mol. The number of para-hydroxylation sites is 2. The molecule has 0 radical (unpaired) electrons. The molecular formula is C29H43N5O6. The van der Waals surface area contributed by atoms with Gasteiger partial charge in [0, 0.05) is 32.7 Å². The molecule has 0 saturated carbocycles. The Balaban J connectivity index is 1.80. The van der Waals surface area contributed by atoms with Gasteiger partial charge in [-0.05, 0) is 29.9 Å². The molecule has 11 heteroatoms. The van der Waals surface area contributed by atoms with Crippen molar-refractivity contribution in [2.75, 3.05) is 46.0 Å². The van der Waals surface area contributed by atoms with Crippen molar-refractivity contribution in [3.8, 4) is 0 Å². The molecule has 0 spiro atoms. The molecule has 0 bridgehead atoms. The Morgan fingerprint density at radius 3 is 2.42 bits per heavy atom. The van der Waals surface area contributed by atoms with Crippen LogP contribution in [0.3, 0.4) is 0 Å². The number of hydrogen-bond donors (Lipinski definition) is 2. The van der Waals surface area contributed by atoms with E-state index >= 15 is 0 Å². The third-order valence-corrected chi connectivity index (χ3v) is 7.84. The van der Waals surface area contributed by atoms with Crippen LogP contribution in [0.4, 0.5) is 4.79 Å². The van der Waals surface area contributed by atoms with Gasteiger partial charge in [-0.1, -0.05) is 46.8 Å². The van der Waals surface area contributed by atoms with E-state index < -0.39 is 29.5 Å². The molecule has 2 aromatic rings. The number of likely N-dealkylation sites (tertiary alicyclic amines) is 1. The summed E-state index contributed by atoms with van der Waals surface area (Å²) >= 11 is 0. The van der Waals surface area contributed by atoms with Crippen LogP contribution in [0.5, 0.6) is 0 Å². The minimum atomic E-state index is -1.10. The lowest BCUT2D eigenvalue weighted by molar-refractivity contribution is -0.144. The minimum absolute atomic E-state index is 0.0776. The molecule has 1 unspecified atom stereocenters. The number of fused-ring (bicyclic) bond motifs is 1. The number of carbonyl (C=O) groups excluding carboxylic acids is 2. The van der Waals surface area contributed by atoms with Gasteiger partial charge in [-0.25, -0.2) is 9.78 Å². The number of aromatic nitrogens is 2. The van der Waals surface area contributed by atoms with E-state index in [1.165, 1.54) is 4.90 Å². The third-order valence-electron chi connectivity index (χ3n) is 7.84. The Labute approximate surface area is 235 Å². The topological polar surface area (TPSA) is 128 Å². The minimum Gasteiger partial charge on any atom is -0.465 e. The van der Waals surface area contributed by atoms with Crippen molar-refractivity contribution in [2.24, 2.45) is 17.3 Å². The Hall–Kier alpha value is -3.18. The van der Waals surface area contributed by atoms with Crippen molar-refractivity contribution in [1.82, 2.24) is 24.3 Å². The lowest BCUT2D eigenvalue weighted by atomic mass is 9.74. The predicted molar refractivity (Wildman–Crippen MR) is 150 cm³/mol. The number of imidazole rings is 1. The zero-order valence-electron chi connectivity index (χ0n) is 24.2. The van der Waals surface area contributed by atoms with Gasteiger partial charge in [0.25, 0.3) is 5.91 Å². The van der Waals surface area contributed by atoms with Gasteiger partial charge in [-0.2, -0.15) is 0 Å². The fourth-order valence-electron chi connectivity index (χ4n) is 6.27. The number of carboxylic acid groups (broad SMARTS) is 1. The molecule has 11 nitrogen and oxygen atoms in total. The second-order valence-corrected chi connectivity index (χ2v) is 12.3. The Bertz CT molecular complexity index is 1220. The van der Waals surface area contributed by atoms with Crippen LogP contribution in [0.1, 0.15) is 51.7 Å². The molecule has 220 valence electrons. The monoisotopic (exact) mass is 557 g/mol. The van der Waals surface area contributed by atoms with Crippen molar-refractivity contribution in [2.45, 2.75) is 59.7 Å². The molecule has 3 amide bonds. The molecule has 1 aromatic carbocycles. The number of ether oxygens (including phenoxy) is 1. The van der Waals surface area contributed by atoms with E-state index in [9.17, 15) is 24.6 Å². The number of piperidine rings is 1. The lowest BCUT2D eigenvalue weighted by Crippen LogP contribution is -2.66. The van der Waals surface area contributed by atoms with Crippen LogP contribution >= 0.6 is 0 Å². The molecule has 2 N–H and O–H groups in total. The largest absolute Gasteiger partial charge is 0.465 e. The van der Waals surface area contributed by atoms with E-state index in [-0.39, 0.29) is 43.3 Å². The number of aliphatic hydroxyl groups is 1. The van der Waals surface area contributed by atoms with E-state index in [4.69, 9.17) is 4.74 Å². The van der Waals surface area contributed by atoms with Crippen LogP contribution in [-0.2, 0) is 16.1 Å². The standard InChI is InChI=1S/C29H43N5O6/c1-19(2)17-33(27(37)25-30-21-8-6-7-9-22(21)32(25)10-13-35)23-16-20(26(36)31-11-14-40-15-12-31)18-34(28(38)39)24(23)29(3,4)5/h6-9,19-20,23-24,35H,10-18H2,1-5H3,(H,38,39)/t20-,23+,24?/m1/s1. The number of amides is 3. The summed E-state index contributed by atoms with van der Waals surface area (Å²) in [4.78, 5) is 50.3. The van der Waals surface area contributed by atoms with Gasteiger partial charge in [-0.3, -0.25) is 9.59 Å². The number of morpholine rings is 1. The van der Waals surface area contributed by atoms with Crippen LogP contribution < -0.4 is 0 Å². The second kappa shape index (κ2) is 12.1. The van der Waals surface area contributed by atoms with Crippen molar-refractivity contribution in [3.05, 3.63) is 30.1 Å². The zero-order chi connectivity index (χ0) is 29.2. The zero-order valence-corrected chi connectivity index (χ0v) is 24.2. The molecule has 1 aromatic heterocycles. The summed E-state index contributed by atoms with van der Waals surface area (Å²) in [6, 6.07) is 6.30. The summed E-state index contributed by atoms with van der Waals surface area (Å²) in [6.07, 6.45) is -0.755. The first-order valence-electron chi connectivity index (χ1n) is 14.2. The molecule has 2 aliphatic rings. The van der Waals surface area contributed by atoms with E-state index in [2.05, 4.69) is 4.98 Å². The van der Waals surface area contributed by atoms with Crippen LogP contribution in [0.15, 0.2) is 24.3 Å². The molecule has 2 aliphatic heterocycles. The third kappa shape index (κ3) is 6.10. The molecule has 4 rings (SSSR count). The molecule has 0 aliphatic carbocycles. The van der Waals surface area contributed by atoms with Gasteiger partial charge in [0.2, 0.25) is 5.91 Å². The van der Waals surface area contributed by atoms with Gasteiger partial charge in [0.05, 0.1) is 48.9 Å². The summed E-state index contributed by atoms with van der Waals surface area (Å²) in [5.41, 5.74) is 0.872. The van der Waals surface area contributed by atoms with Gasteiger partial charge >= 0.3 is 6.09 Å². The summed E-state index contributed by atoms with van der Waals surface area (Å²) in [5.74, 6) is -0.740. The fourth-order valence-corrected chi connectivity index (χ4v) is 6.27. The molecular weight excluding hydrogens is 514 g/mol. The fraction of sp³-hybridized carbons (Fsp3) is 0.655. The van der Waals surface area contributed by atoms with Gasteiger partial charge < -0.3 is 34.2 Å². The summed E-state index contributed by atoms with van der Waals surface area (Å²) in [5, 5.41) is 20.2. The highest BCUT2D eigenvalue weighted by Crippen LogP contribution is 2.38. The van der Waals surface area contributed by atoms with Crippen LogP contribution in [0, 0.1) is 17.3 Å². The Morgan fingerprint density at radius 1 is 1.15 bits per heavy atom. The van der Waals surface area contributed by atoms with E-state index in [1.807, 2.05) is 58.9 Å². The van der Waals surface area contributed by atoms with Crippen molar-refractivity contribution in [3.63, 3.8) is 0 Å². The summed E-state index contributed by atoms with van der Waals surface area (Å²) < 4.78 is 7.15. The highest BCUT2D eigenvalue weighted by atomic mass is 16.5. The lowest BCUT2D eigenvalue weighted by Gasteiger charge is -2.52. The molecule has 3 heterocycles. The summed E-state index contributed by atoms with van der Waals surface area (Å²) in [7, 11) is 0. The number of nitrogens with zero attached hydrogens (tertiary/aromatic N) is 5. The van der Waals surface area contributed by atoms with Crippen molar-refractivity contribution < 1.29 is 29.3 Å². The van der Waals surface area contributed by atoms with E-state index in [0.29, 0.717) is 44.8 Å². The van der Waals surface area contributed by atoms with Crippen LogP contribution in [0.2, 0.25) is 0 Å². The van der Waals surface area contributed by atoms with Crippen molar-refractivity contribution in [1.29, 1.82) is 0 Å². The molecule has 2 saturated heterocycles. The molecule has 3 atom stereocenters. The number of rotatable bonds is 7. The summed E-state index contributed by atoms with van der Waals surface area (Å²) in [6.45, 7) is 12.3. The first-order valence-corrected chi connectivity index (χ1v) is 14.2. The quantitative estimate of drug-likeness (QED) is 0.536. The van der Waals surface area contributed by atoms with Gasteiger partial charge in [0.15, 0.2) is 5.82 Å². The number of aliphatic hydroxyl groups excluding tert-OH is 1. The van der Waals surface area contributed by atoms with Crippen LogP contribution in [-0.4, -0.2) is 110 Å². The smallest absolute Gasteiger partial charge is 0.407 e. The number of carbonyl (C=O) groups is 3. The predicted octanol–water partition coefficient (Wildman–Crippen LogP) is 2.77.